The van der Waals surface area contributed by atoms with Gasteiger partial charge in [0.25, 0.3) is 5.56 Å². The van der Waals surface area contributed by atoms with Crippen LogP contribution in [0.1, 0.15) is 37.3 Å². The lowest BCUT2D eigenvalue weighted by Gasteiger charge is -2.27. The van der Waals surface area contributed by atoms with Crippen molar-refractivity contribution in [3.8, 4) is 6.07 Å². The quantitative estimate of drug-likeness (QED) is 0.429. The molecule has 0 amide bonds. The fourth-order valence-electron chi connectivity index (χ4n) is 4.46. The molecule has 1 aliphatic heterocycles. The van der Waals surface area contributed by atoms with E-state index < -0.39 is 10.8 Å². The van der Waals surface area contributed by atoms with E-state index in [4.69, 9.17) is 5.10 Å². The molecule has 156 valence electrons. The number of anilines is 2. The number of rotatable bonds is 3. The molecule has 2 aliphatic rings. The normalized spacial score (nSPS) is 23.6. The molecule has 2 atom stereocenters. The number of fused-ring (bicyclic) bond motifs is 2. The third kappa shape index (κ3) is 3.07. The standard InChI is InChI=1S/C20H22N6O3S/c21-10-12-3-1-2-4-15(12)26-16-7-8-22-20(27)18(16)19(25-26)24-14-5-6-17-13(9-14)11-23-30(17,28)29/h5-9,12,15,23,28-29H,1-4,11H2,(H,22,27)(H,24,25). The lowest BCUT2D eigenvalue weighted by atomic mass is 9.85. The van der Waals surface area contributed by atoms with E-state index in [0.29, 0.717) is 33.8 Å². The molecule has 1 aliphatic carbocycles. The van der Waals surface area contributed by atoms with Gasteiger partial charge < -0.3 is 10.3 Å². The average Bonchev–Trinajstić information content (AvgIpc) is 3.26. The SMILES string of the molecule is N#CC1CCCCC1n1nc(Nc2ccc3c(c2)CNS3(O)O)c2c(=O)[nH]ccc21. The van der Waals surface area contributed by atoms with Gasteiger partial charge in [-0.05, 0) is 42.7 Å². The largest absolute Gasteiger partial charge is 0.338 e. The summed E-state index contributed by atoms with van der Waals surface area (Å²) in [5, 5.41) is 18.0. The Hall–Kier alpha value is -2.84. The summed E-state index contributed by atoms with van der Waals surface area (Å²) in [4.78, 5) is 15.8. The summed E-state index contributed by atoms with van der Waals surface area (Å²) in [7, 11) is -2.94. The second-order valence-corrected chi connectivity index (χ2v) is 9.59. The molecule has 10 heteroatoms. The lowest BCUT2D eigenvalue weighted by Crippen LogP contribution is -2.23. The molecule has 0 radical (unpaired) electrons. The van der Waals surface area contributed by atoms with Crippen LogP contribution in [0.3, 0.4) is 0 Å². The third-order valence-corrected chi connectivity index (χ3v) is 7.49. The summed E-state index contributed by atoms with van der Waals surface area (Å²) in [5.41, 5.74) is 1.94. The van der Waals surface area contributed by atoms with E-state index in [-0.39, 0.29) is 17.5 Å². The van der Waals surface area contributed by atoms with Crippen LogP contribution in [-0.2, 0) is 6.54 Å². The fraction of sp³-hybridized carbons (Fsp3) is 0.350. The predicted molar refractivity (Wildman–Crippen MR) is 115 cm³/mol. The molecular formula is C20H22N6O3S. The van der Waals surface area contributed by atoms with Crippen LogP contribution in [-0.4, -0.2) is 23.9 Å². The molecule has 1 fully saturated rings. The first kappa shape index (κ1) is 19.1. The third-order valence-electron chi connectivity index (χ3n) is 5.93. The van der Waals surface area contributed by atoms with Gasteiger partial charge in [-0.15, -0.1) is 10.8 Å². The van der Waals surface area contributed by atoms with Crippen LogP contribution in [0.25, 0.3) is 10.9 Å². The van der Waals surface area contributed by atoms with E-state index in [1.165, 1.54) is 0 Å². The van der Waals surface area contributed by atoms with E-state index in [0.717, 1.165) is 31.2 Å². The molecule has 3 heterocycles. The Kier molecular flexibility index (Phi) is 4.56. The van der Waals surface area contributed by atoms with Crippen molar-refractivity contribution in [2.24, 2.45) is 5.92 Å². The molecule has 9 nitrogen and oxygen atoms in total. The molecule has 0 bridgehead atoms. The maximum absolute atomic E-state index is 12.6. The van der Waals surface area contributed by atoms with Crippen LogP contribution in [0.15, 0.2) is 40.2 Å². The summed E-state index contributed by atoms with van der Waals surface area (Å²) in [6.07, 6.45) is 5.34. The number of hydrogen-bond donors (Lipinski definition) is 5. The zero-order chi connectivity index (χ0) is 20.9. The Morgan fingerprint density at radius 3 is 2.93 bits per heavy atom. The number of H-pyrrole nitrogens is 1. The highest BCUT2D eigenvalue weighted by molar-refractivity contribution is 8.22. The Bertz CT molecular complexity index is 1230. The van der Waals surface area contributed by atoms with Gasteiger partial charge in [0.15, 0.2) is 5.82 Å². The smallest absolute Gasteiger partial charge is 0.261 e. The fourth-order valence-corrected chi connectivity index (χ4v) is 5.73. The summed E-state index contributed by atoms with van der Waals surface area (Å²) >= 11 is 0. The molecule has 5 N–H and O–H groups in total. The number of hydrogen-bond acceptors (Lipinski definition) is 7. The first-order chi connectivity index (χ1) is 14.5. The van der Waals surface area contributed by atoms with E-state index in [9.17, 15) is 19.2 Å². The maximum Gasteiger partial charge on any atom is 0.261 e. The number of aromatic nitrogens is 3. The van der Waals surface area contributed by atoms with Crippen molar-refractivity contribution in [1.29, 1.82) is 5.26 Å². The van der Waals surface area contributed by atoms with Crippen LogP contribution in [0.4, 0.5) is 11.5 Å². The van der Waals surface area contributed by atoms with E-state index >= 15 is 0 Å². The Balaban J connectivity index is 1.57. The number of aromatic amines is 1. The first-order valence-corrected chi connectivity index (χ1v) is 11.4. The van der Waals surface area contributed by atoms with Gasteiger partial charge in [0, 0.05) is 18.4 Å². The number of benzene rings is 1. The average molecular weight is 427 g/mol. The highest BCUT2D eigenvalue weighted by Gasteiger charge is 2.30. The Morgan fingerprint density at radius 1 is 1.27 bits per heavy atom. The van der Waals surface area contributed by atoms with Crippen molar-refractivity contribution in [3.05, 3.63) is 46.4 Å². The summed E-state index contributed by atoms with van der Waals surface area (Å²) in [6.45, 7) is 0.356. The van der Waals surface area contributed by atoms with Crippen molar-refractivity contribution in [2.45, 2.75) is 43.2 Å². The van der Waals surface area contributed by atoms with E-state index in [2.05, 4.69) is 21.1 Å². The monoisotopic (exact) mass is 426 g/mol. The highest BCUT2D eigenvalue weighted by Crippen LogP contribution is 2.51. The molecule has 3 aromatic rings. The van der Waals surface area contributed by atoms with Crippen LogP contribution in [0.5, 0.6) is 0 Å². The van der Waals surface area contributed by atoms with Gasteiger partial charge in [0.05, 0.1) is 28.4 Å². The number of pyridine rings is 1. The van der Waals surface area contributed by atoms with Crippen LogP contribution in [0.2, 0.25) is 0 Å². The minimum absolute atomic E-state index is 0.0687. The summed E-state index contributed by atoms with van der Waals surface area (Å²) in [5.74, 6) is 0.289. The minimum Gasteiger partial charge on any atom is -0.338 e. The summed E-state index contributed by atoms with van der Waals surface area (Å²) in [6, 6.07) is 9.39. The second-order valence-electron chi connectivity index (χ2n) is 7.77. The molecule has 2 aromatic heterocycles. The topological polar surface area (TPSA) is 139 Å². The molecule has 2 unspecified atom stereocenters. The molecular weight excluding hydrogens is 404 g/mol. The molecule has 0 spiro atoms. The zero-order valence-corrected chi connectivity index (χ0v) is 16.9. The van der Waals surface area contributed by atoms with E-state index in [1.54, 1.807) is 18.3 Å². The molecule has 1 saturated carbocycles. The highest BCUT2D eigenvalue weighted by atomic mass is 32.3. The molecule has 0 saturated heterocycles. The molecule has 30 heavy (non-hydrogen) atoms. The lowest BCUT2D eigenvalue weighted by molar-refractivity contribution is 0.277. The number of nitrogens with one attached hydrogen (secondary N) is 3. The van der Waals surface area contributed by atoms with Crippen molar-refractivity contribution in [2.75, 3.05) is 5.32 Å². The van der Waals surface area contributed by atoms with Crippen molar-refractivity contribution < 1.29 is 9.11 Å². The van der Waals surface area contributed by atoms with Gasteiger partial charge in [-0.1, -0.05) is 12.8 Å². The predicted octanol–water partition coefficient (Wildman–Crippen LogP) is 3.85. The van der Waals surface area contributed by atoms with Gasteiger partial charge in [-0.3, -0.25) is 18.6 Å². The number of nitriles is 1. The van der Waals surface area contributed by atoms with Crippen LogP contribution in [0, 0.1) is 17.2 Å². The minimum atomic E-state index is -2.94. The van der Waals surface area contributed by atoms with Gasteiger partial charge in [0.2, 0.25) is 0 Å². The van der Waals surface area contributed by atoms with E-state index in [1.807, 2.05) is 16.8 Å². The zero-order valence-electron chi connectivity index (χ0n) is 16.1. The van der Waals surface area contributed by atoms with Crippen LogP contribution < -0.4 is 15.6 Å². The Labute approximate surface area is 174 Å². The van der Waals surface area contributed by atoms with Gasteiger partial charge in [-0.2, -0.15) is 10.4 Å². The van der Waals surface area contributed by atoms with Crippen molar-refractivity contribution in [3.63, 3.8) is 0 Å². The summed E-state index contributed by atoms with van der Waals surface area (Å²) < 4.78 is 24.6. The molecule has 1 aromatic carbocycles. The van der Waals surface area contributed by atoms with Crippen LogP contribution >= 0.6 is 10.8 Å². The van der Waals surface area contributed by atoms with Gasteiger partial charge in [-0.25, -0.2) is 4.72 Å². The van der Waals surface area contributed by atoms with Crippen molar-refractivity contribution >= 4 is 33.2 Å². The Morgan fingerprint density at radius 2 is 2.10 bits per heavy atom. The van der Waals surface area contributed by atoms with Crippen molar-refractivity contribution in [1.82, 2.24) is 19.5 Å². The number of nitrogens with zero attached hydrogens (tertiary/aromatic N) is 3. The first-order valence-electron chi connectivity index (χ1n) is 9.90. The van der Waals surface area contributed by atoms with Gasteiger partial charge in [0.1, 0.15) is 5.39 Å². The molecule has 5 rings (SSSR count). The maximum atomic E-state index is 12.6. The second kappa shape index (κ2) is 7.14. The van der Waals surface area contributed by atoms with Gasteiger partial charge >= 0.3 is 0 Å².